The lowest BCUT2D eigenvalue weighted by atomic mass is 10.00. The van der Waals surface area contributed by atoms with Crippen LogP contribution in [0.2, 0.25) is 0 Å². The molecule has 0 saturated carbocycles. The van der Waals surface area contributed by atoms with Crippen molar-refractivity contribution in [2.45, 2.75) is 13.0 Å². The third-order valence-electron chi connectivity index (χ3n) is 11.4. The Bertz CT molecular complexity index is 3070. The molecule has 8 aromatic carbocycles. The van der Waals surface area contributed by atoms with E-state index in [1.165, 1.54) is 55.2 Å². The lowest BCUT2D eigenvalue weighted by Gasteiger charge is -2.24. The Hall–Kier alpha value is -7.63. The quantitative estimate of drug-likeness (QED) is 0.112. The Labute approximate surface area is 344 Å². The standard InChI is InChI=1S/C54H41N5/c1-55-53(38-18-8-4-9-19-38)57-54(56-36-37-16-6-3-7-17-37)41-28-30-45-42(33-41)32-39-26-29-44(35-49(39)45)58(2)50-24-14-12-22-46(50)40-27-31-48-47-23-13-15-25-51(47)59(52(48)34-40)43-20-10-5-11-21-43/h3-31,33-35H,1,32,36H2,2H3/b56-54-,57-53-. The topological polar surface area (TPSA) is 45.2 Å². The Kier molecular flexibility index (Phi) is 9.32. The van der Waals surface area contributed by atoms with Crippen molar-refractivity contribution in [3.05, 3.63) is 222 Å². The van der Waals surface area contributed by atoms with Crippen LogP contribution in [0.1, 0.15) is 27.8 Å². The maximum absolute atomic E-state index is 5.04. The molecule has 5 heteroatoms. The van der Waals surface area contributed by atoms with Gasteiger partial charge in [-0.15, -0.1) is 0 Å². The zero-order valence-corrected chi connectivity index (χ0v) is 32.8. The number of para-hydroxylation sites is 3. The maximum Gasteiger partial charge on any atom is 0.161 e. The molecular formula is C54H41N5. The van der Waals surface area contributed by atoms with E-state index in [9.17, 15) is 0 Å². The molecule has 0 radical (unpaired) electrons. The van der Waals surface area contributed by atoms with Crippen molar-refractivity contribution in [1.29, 1.82) is 0 Å². The number of hydrogen-bond donors (Lipinski definition) is 0. The highest BCUT2D eigenvalue weighted by molar-refractivity contribution is 6.13. The van der Waals surface area contributed by atoms with Gasteiger partial charge in [-0.3, -0.25) is 4.99 Å². The minimum atomic E-state index is 0.512. The first-order valence-corrected chi connectivity index (χ1v) is 20.0. The van der Waals surface area contributed by atoms with Gasteiger partial charge in [-0.25, -0.2) is 9.98 Å². The van der Waals surface area contributed by atoms with E-state index in [2.05, 4.69) is 174 Å². The van der Waals surface area contributed by atoms with Crippen molar-refractivity contribution in [2.75, 3.05) is 11.9 Å². The van der Waals surface area contributed by atoms with E-state index < -0.39 is 0 Å². The van der Waals surface area contributed by atoms with E-state index in [0.717, 1.165) is 40.2 Å². The highest BCUT2D eigenvalue weighted by Gasteiger charge is 2.22. The summed E-state index contributed by atoms with van der Waals surface area (Å²) in [7, 11) is 2.17. The molecule has 9 aromatic rings. The number of aliphatic imine (C=N–C) groups is 3. The largest absolute Gasteiger partial charge is 0.344 e. The predicted molar refractivity (Wildman–Crippen MR) is 248 cm³/mol. The van der Waals surface area contributed by atoms with Crippen LogP contribution in [0.25, 0.3) is 49.7 Å². The Morgan fingerprint density at radius 2 is 1.27 bits per heavy atom. The summed E-state index contributed by atoms with van der Waals surface area (Å²) < 4.78 is 2.38. The van der Waals surface area contributed by atoms with Gasteiger partial charge in [0.25, 0.3) is 0 Å². The summed E-state index contributed by atoms with van der Waals surface area (Å²) in [5.74, 6) is 1.19. The Morgan fingerprint density at radius 3 is 2.08 bits per heavy atom. The van der Waals surface area contributed by atoms with Gasteiger partial charge >= 0.3 is 0 Å². The molecule has 0 bridgehead atoms. The molecule has 1 aliphatic rings. The van der Waals surface area contributed by atoms with Gasteiger partial charge in [0.15, 0.2) is 11.7 Å². The first kappa shape index (κ1) is 35.8. The van der Waals surface area contributed by atoms with Crippen LogP contribution in [0.15, 0.2) is 209 Å². The van der Waals surface area contributed by atoms with Crippen LogP contribution in [-0.4, -0.2) is 30.0 Å². The molecule has 1 aromatic heterocycles. The van der Waals surface area contributed by atoms with Gasteiger partial charge in [-0.05, 0) is 95.0 Å². The molecule has 1 aliphatic carbocycles. The monoisotopic (exact) mass is 759 g/mol. The minimum absolute atomic E-state index is 0.512. The SMILES string of the molecule is C=N/C(=N\C(=N/Cc1ccccc1)c1ccc2c(c1)Cc1ccc(N(C)c3ccccc3-c3ccc4c5ccccc5n(-c5ccccc5)c4c3)cc1-2)c1ccccc1. The van der Waals surface area contributed by atoms with E-state index in [1.807, 2.05) is 48.5 Å². The molecule has 59 heavy (non-hydrogen) atoms. The number of aromatic nitrogens is 1. The fraction of sp³-hybridized carbons (Fsp3) is 0.0556. The van der Waals surface area contributed by atoms with Gasteiger partial charge < -0.3 is 9.47 Å². The zero-order chi connectivity index (χ0) is 39.7. The molecule has 0 amide bonds. The maximum atomic E-state index is 5.04. The summed E-state index contributed by atoms with van der Waals surface area (Å²) in [5, 5.41) is 2.50. The first-order chi connectivity index (χ1) is 29.1. The van der Waals surface area contributed by atoms with Crippen LogP contribution < -0.4 is 4.90 Å². The van der Waals surface area contributed by atoms with E-state index in [-0.39, 0.29) is 0 Å². The van der Waals surface area contributed by atoms with Crippen LogP contribution in [0.4, 0.5) is 11.4 Å². The molecule has 282 valence electrons. The average Bonchev–Trinajstić information content (AvgIpc) is 3.84. The predicted octanol–water partition coefficient (Wildman–Crippen LogP) is 12.9. The van der Waals surface area contributed by atoms with Crippen molar-refractivity contribution in [3.63, 3.8) is 0 Å². The summed E-state index contributed by atoms with van der Waals surface area (Å²) in [4.78, 5) is 16.7. The Balaban J connectivity index is 0.998. The molecule has 0 fully saturated rings. The molecule has 0 aliphatic heterocycles. The molecule has 0 atom stereocenters. The third-order valence-corrected chi connectivity index (χ3v) is 11.4. The van der Waals surface area contributed by atoms with Gasteiger partial charge in [-0.1, -0.05) is 146 Å². The summed E-state index contributed by atoms with van der Waals surface area (Å²) >= 11 is 0. The van der Waals surface area contributed by atoms with Crippen molar-refractivity contribution in [2.24, 2.45) is 15.0 Å². The lowest BCUT2D eigenvalue weighted by molar-refractivity contribution is 1.06. The van der Waals surface area contributed by atoms with Crippen molar-refractivity contribution in [3.8, 4) is 27.9 Å². The normalized spacial score (nSPS) is 12.4. The number of fused-ring (bicyclic) bond motifs is 6. The van der Waals surface area contributed by atoms with Gasteiger partial charge in [0.2, 0.25) is 0 Å². The summed E-state index contributed by atoms with van der Waals surface area (Å²) in [6, 6.07) is 68.7. The highest BCUT2D eigenvalue weighted by atomic mass is 15.1. The molecule has 0 saturated heterocycles. The molecule has 0 unspecified atom stereocenters. The van der Waals surface area contributed by atoms with Crippen LogP contribution in [0.5, 0.6) is 0 Å². The van der Waals surface area contributed by atoms with Gasteiger partial charge in [0.1, 0.15) is 0 Å². The van der Waals surface area contributed by atoms with Crippen molar-refractivity contribution in [1.82, 2.24) is 4.57 Å². The number of hydrogen-bond acceptors (Lipinski definition) is 2. The smallest absolute Gasteiger partial charge is 0.161 e. The average molecular weight is 760 g/mol. The van der Waals surface area contributed by atoms with Gasteiger partial charge in [0.05, 0.1) is 17.6 Å². The number of amidine groups is 2. The minimum Gasteiger partial charge on any atom is -0.344 e. The van der Waals surface area contributed by atoms with E-state index in [1.54, 1.807) is 0 Å². The molecule has 0 spiro atoms. The highest BCUT2D eigenvalue weighted by Crippen LogP contribution is 2.43. The van der Waals surface area contributed by atoms with Crippen molar-refractivity contribution >= 4 is 51.6 Å². The fourth-order valence-electron chi connectivity index (χ4n) is 8.49. The Morgan fingerprint density at radius 1 is 0.559 bits per heavy atom. The molecule has 10 rings (SSSR count). The fourth-order valence-corrected chi connectivity index (χ4v) is 8.49. The van der Waals surface area contributed by atoms with E-state index >= 15 is 0 Å². The second kappa shape index (κ2) is 15.4. The van der Waals surface area contributed by atoms with Crippen molar-refractivity contribution < 1.29 is 0 Å². The van der Waals surface area contributed by atoms with Crippen LogP contribution >= 0.6 is 0 Å². The number of nitrogens with zero attached hydrogens (tertiary/aromatic N) is 5. The van der Waals surface area contributed by atoms with E-state index in [4.69, 9.17) is 9.98 Å². The number of benzene rings is 8. The number of anilines is 2. The second-order valence-corrected chi connectivity index (χ2v) is 15.0. The summed E-state index contributed by atoms with van der Waals surface area (Å²) in [6.07, 6.45) is 0.843. The molecule has 0 N–H and O–H groups in total. The molecular weight excluding hydrogens is 719 g/mol. The second-order valence-electron chi connectivity index (χ2n) is 15.0. The lowest BCUT2D eigenvalue weighted by Crippen LogP contribution is -2.10. The molecule has 5 nitrogen and oxygen atoms in total. The summed E-state index contributed by atoms with van der Waals surface area (Å²) in [6.45, 7) is 4.36. The zero-order valence-electron chi connectivity index (χ0n) is 32.8. The number of rotatable bonds is 8. The van der Waals surface area contributed by atoms with E-state index in [0.29, 0.717) is 18.2 Å². The first-order valence-electron chi connectivity index (χ1n) is 20.0. The summed E-state index contributed by atoms with van der Waals surface area (Å²) in [5.41, 5.74) is 16.2. The van der Waals surface area contributed by atoms with Crippen LogP contribution in [-0.2, 0) is 13.0 Å². The van der Waals surface area contributed by atoms with Gasteiger partial charge in [-0.2, -0.15) is 0 Å². The van der Waals surface area contributed by atoms with Crippen LogP contribution in [0.3, 0.4) is 0 Å². The van der Waals surface area contributed by atoms with Crippen LogP contribution in [0, 0.1) is 0 Å². The van der Waals surface area contributed by atoms with Gasteiger partial charge in [0, 0.05) is 51.6 Å². The molecule has 1 heterocycles. The third kappa shape index (κ3) is 6.73.